The monoisotopic (exact) mass is 228 g/mol. The minimum atomic E-state index is 0.0394. The molecule has 0 aromatic heterocycles. The summed E-state index contributed by atoms with van der Waals surface area (Å²) >= 11 is 0. The van der Waals surface area contributed by atoms with Crippen molar-refractivity contribution in [2.24, 2.45) is 0 Å². The Hall–Kier alpha value is -2.03. The Morgan fingerprint density at radius 3 is 2.41 bits per heavy atom. The van der Waals surface area contributed by atoms with Crippen molar-refractivity contribution < 1.29 is 4.79 Å². The second-order valence-corrected chi connectivity index (χ2v) is 4.31. The zero-order valence-corrected chi connectivity index (χ0v) is 10.3. The van der Waals surface area contributed by atoms with E-state index < -0.39 is 0 Å². The van der Waals surface area contributed by atoms with Gasteiger partial charge in [0.2, 0.25) is 0 Å². The summed E-state index contributed by atoms with van der Waals surface area (Å²) in [7, 11) is 5.63. The minimum absolute atomic E-state index is 0.0394. The van der Waals surface area contributed by atoms with E-state index in [0.29, 0.717) is 0 Å². The third-order valence-corrected chi connectivity index (χ3v) is 2.67. The normalized spacial score (nSPS) is 17.6. The van der Waals surface area contributed by atoms with Crippen LogP contribution in [0.25, 0.3) is 5.70 Å². The SMILES string of the molecule is CN(C)/C=C1/C=C(c2ccccc2)N(C)C1=O. The predicted molar refractivity (Wildman–Crippen MR) is 69.0 cm³/mol. The topological polar surface area (TPSA) is 23.6 Å². The van der Waals surface area contributed by atoms with Crippen LogP contribution < -0.4 is 0 Å². The van der Waals surface area contributed by atoms with Crippen molar-refractivity contribution in [3.8, 4) is 0 Å². The molecule has 3 heteroatoms. The Kier molecular flexibility index (Phi) is 3.00. The van der Waals surface area contributed by atoms with E-state index in [1.165, 1.54) is 0 Å². The molecule has 0 aliphatic carbocycles. The summed E-state index contributed by atoms with van der Waals surface area (Å²) in [6, 6.07) is 9.93. The summed E-state index contributed by atoms with van der Waals surface area (Å²) in [4.78, 5) is 15.6. The highest BCUT2D eigenvalue weighted by Gasteiger charge is 2.25. The van der Waals surface area contributed by atoms with Gasteiger partial charge in [-0.2, -0.15) is 0 Å². The van der Waals surface area contributed by atoms with Crippen LogP contribution in [0.1, 0.15) is 5.56 Å². The highest BCUT2D eigenvalue weighted by Crippen LogP contribution is 2.27. The summed E-state index contributed by atoms with van der Waals surface area (Å²) in [5.74, 6) is 0.0394. The smallest absolute Gasteiger partial charge is 0.259 e. The van der Waals surface area contributed by atoms with Gasteiger partial charge in [0.05, 0.1) is 11.3 Å². The maximum Gasteiger partial charge on any atom is 0.259 e. The Bertz CT molecular complexity index is 486. The number of benzene rings is 1. The predicted octanol–water partition coefficient (Wildman–Crippen LogP) is 1.95. The van der Waals surface area contributed by atoms with Crippen LogP contribution in [0.4, 0.5) is 0 Å². The largest absolute Gasteiger partial charge is 0.383 e. The number of carbonyl (C=O) groups is 1. The van der Waals surface area contributed by atoms with Gasteiger partial charge in [-0.25, -0.2) is 0 Å². The Morgan fingerprint density at radius 2 is 1.82 bits per heavy atom. The first-order valence-corrected chi connectivity index (χ1v) is 5.53. The van der Waals surface area contributed by atoms with Crippen molar-refractivity contribution in [1.29, 1.82) is 0 Å². The molecule has 0 spiro atoms. The summed E-state index contributed by atoms with van der Waals surface area (Å²) in [6.45, 7) is 0. The van der Waals surface area contributed by atoms with Gasteiger partial charge in [-0.3, -0.25) is 4.79 Å². The number of hydrogen-bond donors (Lipinski definition) is 0. The van der Waals surface area contributed by atoms with E-state index >= 15 is 0 Å². The lowest BCUT2D eigenvalue weighted by molar-refractivity contribution is -0.122. The van der Waals surface area contributed by atoms with Gasteiger partial charge in [0.25, 0.3) is 5.91 Å². The van der Waals surface area contributed by atoms with E-state index in [1.54, 1.807) is 11.9 Å². The fourth-order valence-corrected chi connectivity index (χ4v) is 1.87. The molecule has 1 aromatic carbocycles. The van der Waals surface area contributed by atoms with Crippen LogP contribution in [-0.2, 0) is 4.79 Å². The van der Waals surface area contributed by atoms with Gasteiger partial charge in [0.1, 0.15) is 0 Å². The lowest BCUT2D eigenvalue weighted by Crippen LogP contribution is -2.21. The average Bonchev–Trinajstić information content (AvgIpc) is 2.58. The van der Waals surface area contributed by atoms with Crippen molar-refractivity contribution in [2.45, 2.75) is 0 Å². The quantitative estimate of drug-likeness (QED) is 0.722. The first-order chi connectivity index (χ1) is 8.09. The van der Waals surface area contributed by atoms with Gasteiger partial charge >= 0.3 is 0 Å². The standard InChI is InChI=1S/C14H16N2O/c1-15(2)10-12-9-13(16(3)14(12)17)11-7-5-4-6-8-11/h4-10H,1-3H3/b12-10-. The molecule has 88 valence electrons. The molecule has 2 rings (SSSR count). The molecule has 17 heavy (non-hydrogen) atoms. The number of likely N-dealkylation sites (N-methyl/N-ethyl adjacent to an activating group) is 1. The lowest BCUT2D eigenvalue weighted by atomic mass is 10.1. The van der Waals surface area contributed by atoms with Crippen LogP contribution in [0.15, 0.2) is 48.2 Å². The fourth-order valence-electron chi connectivity index (χ4n) is 1.87. The van der Waals surface area contributed by atoms with E-state index in [0.717, 1.165) is 16.8 Å². The van der Waals surface area contributed by atoms with E-state index in [4.69, 9.17) is 0 Å². The van der Waals surface area contributed by atoms with Crippen molar-refractivity contribution in [3.05, 3.63) is 53.7 Å². The van der Waals surface area contributed by atoms with Crippen LogP contribution in [0.5, 0.6) is 0 Å². The third-order valence-electron chi connectivity index (χ3n) is 2.67. The number of carbonyl (C=O) groups excluding carboxylic acids is 1. The van der Waals surface area contributed by atoms with Crippen LogP contribution in [0, 0.1) is 0 Å². The van der Waals surface area contributed by atoms with Crippen molar-refractivity contribution in [1.82, 2.24) is 9.80 Å². The highest BCUT2D eigenvalue weighted by molar-refractivity contribution is 6.07. The molecule has 0 saturated heterocycles. The first kappa shape index (κ1) is 11.5. The molecule has 1 aromatic rings. The molecule has 0 unspecified atom stereocenters. The van der Waals surface area contributed by atoms with E-state index in [9.17, 15) is 4.79 Å². The molecule has 1 heterocycles. The lowest BCUT2D eigenvalue weighted by Gasteiger charge is -2.14. The van der Waals surface area contributed by atoms with Gasteiger partial charge in [-0.15, -0.1) is 0 Å². The summed E-state index contributed by atoms with van der Waals surface area (Å²) in [5, 5.41) is 0. The van der Waals surface area contributed by atoms with Crippen LogP contribution in [0.3, 0.4) is 0 Å². The molecule has 1 amide bonds. The van der Waals surface area contributed by atoms with Crippen molar-refractivity contribution in [2.75, 3.05) is 21.1 Å². The number of rotatable bonds is 2. The molecular formula is C14H16N2O. The molecule has 1 aliphatic rings. The first-order valence-electron chi connectivity index (χ1n) is 5.53. The molecule has 3 nitrogen and oxygen atoms in total. The number of amides is 1. The van der Waals surface area contributed by atoms with Crippen LogP contribution in [-0.4, -0.2) is 36.9 Å². The zero-order valence-electron chi connectivity index (χ0n) is 10.3. The van der Waals surface area contributed by atoms with Gasteiger partial charge in [-0.05, 0) is 11.6 Å². The van der Waals surface area contributed by atoms with E-state index in [1.807, 2.05) is 61.6 Å². The Morgan fingerprint density at radius 1 is 1.18 bits per heavy atom. The summed E-state index contributed by atoms with van der Waals surface area (Å²) in [6.07, 6.45) is 3.77. The average molecular weight is 228 g/mol. The minimum Gasteiger partial charge on any atom is -0.383 e. The van der Waals surface area contributed by atoms with Crippen molar-refractivity contribution in [3.63, 3.8) is 0 Å². The zero-order chi connectivity index (χ0) is 12.4. The summed E-state index contributed by atoms with van der Waals surface area (Å²) in [5.41, 5.74) is 2.73. The number of hydrogen-bond acceptors (Lipinski definition) is 2. The van der Waals surface area contributed by atoms with Gasteiger partial charge in [-0.1, -0.05) is 30.3 Å². The van der Waals surface area contributed by atoms with Gasteiger partial charge in [0.15, 0.2) is 0 Å². The maximum absolute atomic E-state index is 12.0. The van der Waals surface area contributed by atoms with Gasteiger partial charge < -0.3 is 9.80 Å². The van der Waals surface area contributed by atoms with E-state index in [-0.39, 0.29) is 5.91 Å². The Labute approximate surface area is 102 Å². The second kappa shape index (κ2) is 4.45. The Balaban J connectivity index is 2.40. The van der Waals surface area contributed by atoms with Crippen molar-refractivity contribution >= 4 is 11.6 Å². The maximum atomic E-state index is 12.0. The van der Waals surface area contributed by atoms with E-state index in [2.05, 4.69) is 0 Å². The number of nitrogens with zero attached hydrogens (tertiary/aromatic N) is 2. The molecule has 0 atom stereocenters. The third kappa shape index (κ3) is 2.23. The second-order valence-electron chi connectivity index (χ2n) is 4.31. The molecular weight excluding hydrogens is 212 g/mol. The molecule has 0 N–H and O–H groups in total. The molecule has 0 radical (unpaired) electrons. The molecule has 0 fully saturated rings. The fraction of sp³-hybridized carbons (Fsp3) is 0.214. The highest BCUT2D eigenvalue weighted by atomic mass is 16.2. The van der Waals surface area contributed by atoms with Crippen LogP contribution in [0.2, 0.25) is 0 Å². The summed E-state index contributed by atoms with van der Waals surface area (Å²) < 4.78 is 0. The molecule has 0 saturated carbocycles. The van der Waals surface area contributed by atoms with Gasteiger partial charge in [0, 0.05) is 27.3 Å². The molecule has 0 bridgehead atoms. The van der Waals surface area contributed by atoms with Crippen LogP contribution >= 0.6 is 0 Å². The molecule has 1 aliphatic heterocycles.